The number of halogens is 2. The number of aromatic nitrogens is 1. The number of fused-ring (bicyclic) bond motifs is 1. The third kappa shape index (κ3) is 4.13. The molecule has 1 aromatic heterocycles. The number of H-pyrrole nitrogens is 1. The summed E-state index contributed by atoms with van der Waals surface area (Å²) in [4.78, 5) is 5.91. The first-order valence-corrected chi connectivity index (χ1v) is 7.40. The molecule has 0 unspecified atom stereocenters. The maximum absolute atomic E-state index is 3.44. The summed E-state index contributed by atoms with van der Waals surface area (Å²) in [7, 11) is 0. The molecular formula is C16H25Cl2N3. The van der Waals surface area contributed by atoms with E-state index in [-0.39, 0.29) is 24.8 Å². The van der Waals surface area contributed by atoms with Crippen molar-refractivity contribution >= 4 is 35.7 Å². The quantitative estimate of drug-likeness (QED) is 0.894. The maximum atomic E-state index is 3.44. The average molecular weight is 330 g/mol. The van der Waals surface area contributed by atoms with Gasteiger partial charge in [0.05, 0.1) is 0 Å². The van der Waals surface area contributed by atoms with E-state index in [1.54, 1.807) is 0 Å². The van der Waals surface area contributed by atoms with E-state index in [0.717, 1.165) is 26.2 Å². The molecule has 1 aliphatic heterocycles. The molecule has 0 spiro atoms. The highest BCUT2D eigenvalue weighted by atomic mass is 35.5. The highest BCUT2D eigenvalue weighted by molar-refractivity contribution is 5.85. The third-order valence-electron chi connectivity index (χ3n) is 4.12. The molecule has 5 heteroatoms. The predicted molar refractivity (Wildman–Crippen MR) is 94.9 cm³/mol. The van der Waals surface area contributed by atoms with Crippen LogP contribution in [-0.2, 0) is 0 Å². The fourth-order valence-corrected chi connectivity index (χ4v) is 3.11. The van der Waals surface area contributed by atoms with Gasteiger partial charge in [-0.15, -0.1) is 24.8 Å². The number of piperazine rings is 1. The smallest absolute Gasteiger partial charge is 0.0454 e. The van der Waals surface area contributed by atoms with Gasteiger partial charge in [0.2, 0.25) is 0 Å². The molecule has 2 N–H and O–H groups in total. The van der Waals surface area contributed by atoms with Crippen LogP contribution in [0, 0.1) is 0 Å². The second kappa shape index (κ2) is 8.64. The lowest BCUT2D eigenvalue weighted by atomic mass is 9.98. The van der Waals surface area contributed by atoms with Gasteiger partial charge in [0, 0.05) is 43.9 Å². The first-order valence-electron chi connectivity index (χ1n) is 7.40. The molecule has 21 heavy (non-hydrogen) atoms. The van der Waals surface area contributed by atoms with Crippen LogP contribution in [0.15, 0.2) is 30.5 Å². The summed E-state index contributed by atoms with van der Waals surface area (Å²) >= 11 is 0. The van der Waals surface area contributed by atoms with Crippen molar-refractivity contribution in [3.8, 4) is 0 Å². The van der Waals surface area contributed by atoms with Crippen molar-refractivity contribution in [3.63, 3.8) is 0 Å². The Hall–Kier alpha value is -0.740. The molecule has 0 aliphatic carbocycles. The number of benzene rings is 1. The summed E-state index contributed by atoms with van der Waals surface area (Å²) in [6, 6.07) is 9.61. The van der Waals surface area contributed by atoms with Crippen LogP contribution in [0.5, 0.6) is 0 Å². The van der Waals surface area contributed by atoms with E-state index in [1.165, 1.54) is 29.3 Å². The number of nitrogens with zero attached hydrogens (tertiary/aromatic N) is 1. The maximum Gasteiger partial charge on any atom is 0.0454 e. The van der Waals surface area contributed by atoms with Gasteiger partial charge in [-0.2, -0.15) is 0 Å². The number of rotatable bonds is 4. The highest BCUT2D eigenvalue weighted by Gasteiger charge is 2.21. The molecule has 1 aromatic carbocycles. The van der Waals surface area contributed by atoms with Crippen molar-refractivity contribution in [2.45, 2.75) is 25.8 Å². The zero-order valence-corrected chi connectivity index (χ0v) is 14.1. The summed E-state index contributed by atoms with van der Waals surface area (Å²) in [6.45, 7) is 6.84. The second-order valence-electron chi connectivity index (χ2n) is 5.41. The van der Waals surface area contributed by atoms with E-state index in [9.17, 15) is 0 Å². The molecular weight excluding hydrogens is 305 g/mol. The van der Waals surface area contributed by atoms with Gasteiger partial charge in [-0.05, 0) is 35.6 Å². The van der Waals surface area contributed by atoms with Crippen LogP contribution < -0.4 is 5.32 Å². The Labute approximate surface area is 139 Å². The van der Waals surface area contributed by atoms with E-state index in [2.05, 4.69) is 46.4 Å². The molecule has 1 saturated heterocycles. The van der Waals surface area contributed by atoms with Crippen LogP contribution in [0.25, 0.3) is 10.9 Å². The molecule has 1 fully saturated rings. The lowest BCUT2D eigenvalue weighted by Crippen LogP contribution is -2.45. The Morgan fingerprint density at radius 1 is 1.14 bits per heavy atom. The van der Waals surface area contributed by atoms with E-state index in [4.69, 9.17) is 0 Å². The van der Waals surface area contributed by atoms with Gasteiger partial charge in [0.25, 0.3) is 0 Å². The number of hydrogen-bond acceptors (Lipinski definition) is 2. The average Bonchev–Trinajstić information content (AvgIpc) is 2.93. The van der Waals surface area contributed by atoms with E-state index >= 15 is 0 Å². The Balaban J connectivity index is 0.00000110. The number of aromatic amines is 1. The lowest BCUT2D eigenvalue weighted by Gasteiger charge is -2.35. The molecule has 1 atom stereocenters. The first kappa shape index (κ1) is 18.3. The Kier molecular flexibility index (Phi) is 7.53. The molecule has 2 heterocycles. The minimum Gasteiger partial charge on any atom is -0.361 e. The van der Waals surface area contributed by atoms with Gasteiger partial charge in [-0.25, -0.2) is 0 Å². The lowest BCUT2D eigenvalue weighted by molar-refractivity contribution is 0.165. The second-order valence-corrected chi connectivity index (χ2v) is 5.41. The fourth-order valence-electron chi connectivity index (χ4n) is 3.11. The van der Waals surface area contributed by atoms with Crippen LogP contribution in [0.1, 0.15) is 31.4 Å². The predicted octanol–water partition coefficient (Wildman–Crippen LogP) is 3.76. The van der Waals surface area contributed by atoms with Gasteiger partial charge >= 0.3 is 0 Å². The van der Waals surface area contributed by atoms with Crippen molar-refractivity contribution in [1.82, 2.24) is 15.2 Å². The molecule has 118 valence electrons. The topological polar surface area (TPSA) is 31.1 Å². The minimum atomic E-state index is 0. The summed E-state index contributed by atoms with van der Waals surface area (Å²) in [5.41, 5.74) is 2.70. The standard InChI is InChI=1S/C16H23N3.2ClH/c1-2-3-16(19-10-8-17-9-11-19)14-4-5-15-13(12-14)6-7-18-15;;/h4-7,12,16-18H,2-3,8-11H2,1H3;2*1H/t16-;;/m1../s1. The summed E-state index contributed by atoms with van der Waals surface area (Å²) in [5.74, 6) is 0. The molecule has 0 radical (unpaired) electrons. The summed E-state index contributed by atoms with van der Waals surface area (Å²) in [6.07, 6.45) is 4.50. The highest BCUT2D eigenvalue weighted by Crippen LogP contribution is 2.28. The molecule has 2 aromatic rings. The first-order chi connectivity index (χ1) is 9.38. The Morgan fingerprint density at radius 3 is 2.62 bits per heavy atom. The normalized spacial score (nSPS) is 17.0. The van der Waals surface area contributed by atoms with Crippen molar-refractivity contribution in [3.05, 3.63) is 36.0 Å². The molecule has 0 saturated carbocycles. The van der Waals surface area contributed by atoms with Crippen LogP contribution in [-0.4, -0.2) is 36.1 Å². The van der Waals surface area contributed by atoms with Gasteiger partial charge in [-0.3, -0.25) is 4.90 Å². The Bertz CT molecular complexity index is 535. The largest absolute Gasteiger partial charge is 0.361 e. The van der Waals surface area contributed by atoms with Crippen LogP contribution in [0.4, 0.5) is 0 Å². The Morgan fingerprint density at radius 2 is 1.90 bits per heavy atom. The van der Waals surface area contributed by atoms with Gasteiger partial charge in [0.15, 0.2) is 0 Å². The molecule has 0 amide bonds. The number of hydrogen-bond donors (Lipinski definition) is 2. The number of nitrogens with one attached hydrogen (secondary N) is 2. The zero-order chi connectivity index (χ0) is 13.1. The van der Waals surface area contributed by atoms with E-state index < -0.39 is 0 Å². The molecule has 0 bridgehead atoms. The fraction of sp³-hybridized carbons (Fsp3) is 0.500. The van der Waals surface area contributed by atoms with Crippen molar-refractivity contribution in [2.75, 3.05) is 26.2 Å². The van der Waals surface area contributed by atoms with Crippen LogP contribution in [0.2, 0.25) is 0 Å². The van der Waals surface area contributed by atoms with Crippen molar-refractivity contribution in [2.24, 2.45) is 0 Å². The van der Waals surface area contributed by atoms with Crippen molar-refractivity contribution in [1.29, 1.82) is 0 Å². The minimum absolute atomic E-state index is 0. The van der Waals surface area contributed by atoms with Gasteiger partial charge < -0.3 is 10.3 Å². The summed E-state index contributed by atoms with van der Waals surface area (Å²) < 4.78 is 0. The third-order valence-corrected chi connectivity index (χ3v) is 4.12. The SMILES string of the molecule is CCC[C@H](c1ccc2[nH]ccc2c1)N1CCNCC1.Cl.Cl. The van der Waals surface area contributed by atoms with Gasteiger partial charge in [-0.1, -0.05) is 19.4 Å². The monoisotopic (exact) mass is 329 g/mol. The van der Waals surface area contributed by atoms with Gasteiger partial charge in [0.1, 0.15) is 0 Å². The summed E-state index contributed by atoms with van der Waals surface area (Å²) in [5, 5.41) is 4.77. The van der Waals surface area contributed by atoms with E-state index in [1.807, 2.05) is 6.20 Å². The molecule has 3 rings (SSSR count). The van der Waals surface area contributed by atoms with Crippen LogP contribution in [0.3, 0.4) is 0 Å². The van der Waals surface area contributed by atoms with E-state index in [0.29, 0.717) is 6.04 Å². The van der Waals surface area contributed by atoms with Crippen LogP contribution >= 0.6 is 24.8 Å². The van der Waals surface area contributed by atoms with Crippen molar-refractivity contribution < 1.29 is 0 Å². The zero-order valence-electron chi connectivity index (χ0n) is 12.5. The molecule has 1 aliphatic rings. The molecule has 3 nitrogen and oxygen atoms in total.